The third-order valence-corrected chi connectivity index (χ3v) is 8.47. The monoisotopic (exact) mass is 529 g/mol. The summed E-state index contributed by atoms with van der Waals surface area (Å²) in [7, 11) is 0.735. The van der Waals surface area contributed by atoms with Crippen LogP contribution in [0.1, 0.15) is 17.2 Å². The summed E-state index contributed by atoms with van der Waals surface area (Å²) in [5, 5.41) is 11.2. The number of carbonyl (C=O) groups is 2. The number of ether oxygens (including phenoxy) is 2. The molecule has 0 aromatic heterocycles. The predicted molar refractivity (Wildman–Crippen MR) is 137 cm³/mol. The molecule has 0 radical (unpaired) electrons. The van der Waals surface area contributed by atoms with Crippen LogP contribution in [0.15, 0.2) is 59.0 Å². The molecule has 37 heavy (non-hydrogen) atoms. The number of nitrogens with zero attached hydrogens (tertiary/aromatic N) is 3. The van der Waals surface area contributed by atoms with Crippen LogP contribution in [0.3, 0.4) is 0 Å². The molecule has 10 nitrogen and oxygen atoms in total. The first-order valence-corrected chi connectivity index (χ1v) is 13.3. The molecular formula is C26H31N3O7S. The van der Waals surface area contributed by atoms with Crippen LogP contribution in [0, 0.1) is 0 Å². The maximum atomic E-state index is 13.2. The number of sulfonamides is 1. The third-order valence-electron chi connectivity index (χ3n) is 6.64. The number of aliphatic hydroxyl groups excluding tert-OH is 1. The van der Waals surface area contributed by atoms with Crippen LogP contribution in [0.4, 0.5) is 0 Å². The second kappa shape index (κ2) is 11.0. The molecule has 2 aromatic rings. The van der Waals surface area contributed by atoms with E-state index < -0.39 is 27.8 Å². The Morgan fingerprint density at radius 2 is 1.65 bits per heavy atom. The van der Waals surface area contributed by atoms with Gasteiger partial charge in [0.1, 0.15) is 11.5 Å². The molecule has 1 amide bonds. The van der Waals surface area contributed by atoms with E-state index in [-0.39, 0.29) is 28.3 Å². The fourth-order valence-electron chi connectivity index (χ4n) is 4.47. The van der Waals surface area contributed by atoms with Gasteiger partial charge in [-0.2, -0.15) is 0 Å². The van der Waals surface area contributed by atoms with Gasteiger partial charge in [0.15, 0.2) is 0 Å². The van der Waals surface area contributed by atoms with Crippen molar-refractivity contribution < 1.29 is 32.6 Å². The molecule has 0 spiro atoms. The SMILES string of the molecule is COc1ccc(C2/C(=C(/O)c3ccc(S(=O)(=O)N(C)C)cc3)C(=O)C(=O)N2CCN2CCOCC2)cc1. The van der Waals surface area contributed by atoms with E-state index in [0.717, 1.165) is 17.4 Å². The van der Waals surface area contributed by atoms with Gasteiger partial charge in [0.25, 0.3) is 11.7 Å². The Hall–Kier alpha value is -3.25. The summed E-state index contributed by atoms with van der Waals surface area (Å²) >= 11 is 0. The van der Waals surface area contributed by atoms with Crippen molar-refractivity contribution in [3.05, 3.63) is 65.2 Å². The second-order valence-electron chi connectivity index (χ2n) is 9.03. The van der Waals surface area contributed by atoms with Crippen molar-refractivity contribution in [2.75, 3.05) is 60.6 Å². The number of carbonyl (C=O) groups excluding carboxylic acids is 2. The van der Waals surface area contributed by atoms with E-state index in [2.05, 4.69) is 4.90 Å². The molecule has 198 valence electrons. The van der Waals surface area contributed by atoms with Crippen molar-refractivity contribution in [3.63, 3.8) is 0 Å². The number of Topliss-reactive ketones (excluding diaryl/α,β-unsaturated/α-hetero) is 1. The normalized spacial score (nSPS) is 20.5. The molecule has 11 heteroatoms. The third kappa shape index (κ3) is 5.40. The van der Waals surface area contributed by atoms with Gasteiger partial charge in [-0.1, -0.05) is 12.1 Å². The number of rotatable bonds is 8. The number of likely N-dealkylation sites (tertiary alicyclic amines) is 1. The Kier molecular flexibility index (Phi) is 7.98. The van der Waals surface area contributed by atoms with Crippen LogP contribution in [0.25, 0.3) is 5.76 Å². The summed E-state index contributed by atoms with van der Waals surface area (Å²) in [6, 6.07) is 11.8. The Balaban J connectivity index is 1.73. The smallest absolute Gasteiger partial charge is 0.295 e. The van der Waals surface area contributed by atoms with E-state index in [1.165, 1.54) is 43.3 Å². The molecule has 2 aromatic carbocycles. The van der Waals surface area contributed by atoms with Crippen LogP contribution < -0.4 is 4.74 Å². The highest BCUT2D eigenvalue weighted by molar-refractivity contribution is 7.89. The first-order chi connectivity index (χ1) is 17.6. The molecule has 2 fully saturated rings. The Bertz CT molecular complexity index is 1280. The van der Waals surface area contributed by atoms with Crippen LogP contribution in [0.2, 0.25) is 0 Å². The molecule has 2 aliphatic rings. The minimum Gasteiger partial charge on any atom is -0.507 e. The number of benzene rings is 2. The number of hydrogen-bond acceptors (Lipinski definition) is 8. The van der Waals surface area contributed by atoms with Gasteiger partial charge in [-0.15, -0.1) is 0 Å². The van der Waals surface area contributed by atoms with Gasteiger partial charge in [-0.05, 0) is 42.0 Å². The van der Waals surface area contributed by atoms with E-state index in [1.807, 2.05) is 0 Å². The van der Waals surface area contributed by atoms with Crippen LogP contribution in [-0.2, 0) is 24.3 Å². The molecule has 1 N–H and O–H groups in total. The fourth-order valence-corrected chi connectivity index (χ4v) is 5.37. The molecule has 4 rings (SSSR count). The molecule has 2 saturated heterocycles. The maximum absolute atomic E-state index is 13.2. The molecular weight excluding hydrogens is 498 g/mol. The lowest BCUT2D eigenvalue weighted by Gasteiger charge is -2.31. The summed E-state index contributed by atoms with van der Waals surface area (Å²) in [6.07, 6.45) is 0. The molecule has 2 heterocycles. The number of ketones is 1. The zero-order valence-electron chi connectivity index (χ0n) is 21.1. The largest absolute Gasteiger partial charge is 0.507 e. The Morgan fingerprint density at radius 1 is 1.03 bits per heavy atom. The number of aliphatic hydroxyl groups is 1. The van der Waals surface area contributed by atoms with Gasteiger partial charge in [-0.25, -0.2) is 12.7 Å². The quantitative estimate of drug-likeness (QED) is 0.312. The summed E-state index contributed by atoms with van der Waals surface area (Å²) in [4.78, 5) is 30.1. The Labute approximate surface area is 216 Å². The lowest BCUT2D eigenvalue weighted by Crippen LogP contribution is -2.42. The van der Waals surface area contributed by atoms with Gasteiger partial charge >= 0.3 is 0 Å². The molecule has 2 aliphatic heterocycles. The van der Waals surface area contributed by atoms with Gasteiger partial charge in [0.2, 0.25) is 10.0 Å². The summed E-state index contributed by atoms with van der Waals surface area (Å²) in [6.45, 7) is 3.54. The van der Waals surface area contributed by atoms with E-state index in [4.69, 9.17) is 9.47 Å². The van der Waals surface area contributed by atoms with Crippen molar-refractivity contribution in [2.45, 2.75) is 10.9 Å². The van der Waals surface area contributed by atoms with E-state index in [0.29, 0.717) is 31.1 Å². The van der Waals surface area contributed by atoms with Crippen molar-refractivity contribution in [3.8, 4) is 5.75 Å². The van der Waals surface area contributed by atoms with E-state index >= 15 is 0 Å². The zero-order valence-corrected chi connectivity index (χ0v) is 21.9. The minimum atomic E-state index is -3.66. The van der Waals surface area contributed by atoms with Gasteiger partial charge in [0, 0.05) is 45.8 Å². The van der Waals surface area contributed by atoms with Crippen LogP contribution in [0.5, 0.6) is 5.75 Å². The van der Waals surface area contributed by atoms with Crippen molar-refractivity contribution in [1.82, 2.24) is 14.1 Å². The average molecular weight is 530 g/mol. The number of amides is 1. The lowest BCUT2D eigenvalue weighted by atomic mass is 9.95. The summed E-state index contributed by atoms with van der Waals surface area (Å²) in [5.74, 6) is -1.22. The van der Waals surface area contributed by atoms with Gasteiger partial charge in [0.05, 0.1) is 36.8 Å². The number of hydrogen-bond donors (Lipinski definition) is 1. The van der Waals surface area contributed by atoms with Crippen LogP contribution in [-0.4, -0.2) is 99.9 Å². The van der Waals surface area contributed by atoms with Crippen molar-refractivity contribution in [1.29, 1.82) is 0 Å². The average Bonchev–Trinajstić information content (AvgIpc) is 3.17. The second-order valence-corrected chi connectivity index (χ2v) is 11.2. The molecule has 1 atom stereocenters. The highest BCUT2D eigenvalue weighted by Crippen LogP contribution is 2.39. The van der Waals surface area contributed by atoms with E-state index in [1.54, 1.807) is 31.4 Å². The molecule has 0 aliphatic carbocycles. The highest BCUT2D eigenvalue weighted by Gasteiger charge is 2.46. The molecule has 0 saturated carbocycles. The number of methoxy groups -OCH3 is 1. The predicted octanol–water partition coefficient (Wildman–Crippen LogP) is 1.70. The minimum absolute atomic E-state index is 0.0413. The van der Waals surface area contributed by atoms with E-state index in [9.17, 15) is 23.1 Å². The topological polar surface area (TPSA) is 117 Å². The fraction of sp³-hybridized carbons (Fsp3) is 0.385. The molecule has 1 unspecified atom stereocenters. The summed E-state index contributed by atoms with van der Waals surface area (Å²) < 4.78 is 36.6. The first kappa shape index (κ1) is 26.8. The summed E-state index contributed by atoms with van der Waals surface area (Å²) in [5.41, 5.74) is 0.845. The van der Waals surface area contributed by atoms with Crippen LogP contribution >= 0.6 is 0 Å². The lowest BCUT2D eigenvalue weighted by molar-refractivity contribution is -0.140. The van der Waals surface area contributed by atoms with Gasteiger partial charge < -0.3 is 19.5 Å². The zero-order chi connectivity index (χ0) is 26.7. The molecule has 0 bridgehead atoms. The standard InChI is InChI=1S/C26H31N3O7S/c1-27(2)37(33,34)21-10-6-19(7-11-21)24(30)22-23(18-4-8-20(35-3)9-5-18)29(26(32)25(22)31)13-12-28-14-16-36-17-15-28/h4-11,23,30H,12-17H2,1-3H3/b24-22-. The van der Waals surface area contributed by atoms with Gasteiger partial charge in [-0.3, -0.25) is 14.5 Å². The number of morpholine rings is 1. The van der Waals surface area contributed by atoms with Crippen molar-refractivity contribution in [2.24, 2.45) is 0 Å². The van der Waals surface area contributed by atoms with Crippen molar-refractivity contribution >= 4 is 27.5 Å². The Morgan fingerprint density at radius 3 is 2.22 bits per heavy atom. The maximum Gasteiger partial charge on any atom is 0.295 e. The first-order valence-electron chi connectivity index (χ1n) is 11.9. The highest BCUT2D eigenvalue weighted by atomic mass is 32.2.